The molecule has 18 heavy (non-hydrogen) atoms. The maximum atomic E-state index is 11.7. The molecule has 1 aromatic rings. The van der Waals surface area contributed by atoms with Crippen LogP contribution in [0.4, 0.5) is 4.79 Å². The minimum absolute atomic E-state index is 0.338. The number of rotatable bonds is 4. The molecule has 1 fully saturated rings. The van der Waals surface area contributed by atoms with Gasteiger partial charge < -0.3 is 4.74 Å². The number of carbonyl (C=O) groups excluding carboxylic acids is 2. The maximum absolute atomic E-state index is 11.7. The Kier molecular flexibility index (Phi) is 4.34. The number of carbonyl (C=O) groups is 1. The summed E-state index contributed by atoms with van der Waals surface area (Å²) in [6.45, 7) is 0.926. The fourth-order valence-corrected chi connectivity index (χ4v) is 2.09. The second-order valence-corrected chi connectivity index (χ2v) is 4.32. The van der Waals surface area contributed by atoms with E-state index in [1.165, 1.54) is 4.90 Å². The summed E-state index contributed by atoms with van der Waals surface area (Å²) in [4.78, 5) is 23.8. The Labute approximate surface area is 107 Å². The van der Waals surface area contributed by atoms with Gasteiger partial charge in [-0.05, 0) is 18.4 Å². The highest BCUT2D eigenvalue weighted by molar-refractivity contribution is 5.74. The lowest BCUT2D eigenvalue weighted by Crippen LogP contribution is -2.37. The summed E-state index contributed by atoms with van der Waals surface area (Å²) in [5.41, 5.74) is 1.13. The highest BCUT2D eigenvalue weighted by Gasteiger charge is 2.29. The lowest BCUT2D eigenvalue weighted by Gasteiger charge is -2.19. The van der Waals surface area contributed by atoms with E-state index >= 15 is 0 Å². The van der Waals surface area contributed by atoms with Gasteiger partial charge in [0.15, 0.2) is 0 Å². The first-order valence-corrected chi connectivity index (χ1v) is 6.16. The highest BCUT2D eigenvalue weighted by Crippen LogP contribution is 2.16. The molecule has 4 nitrogen and oxygen atoms in total. The van der Waals surface area contributed by atoms with Gasteiger partial charge in [0.2, 0.25) is 6.29 Å². The molecule has 1 unspecified atom stereocenters. The molecule has 0 aliphatic carbocycles. The molecule has 1 amide bonds. The average molecular weight is 246 g/mol. The third-order valence-corrected chi connectivity index (χ3v) is 3.08. The molecule has 1 atom stereocenters. The van der Waals surface area contributed by atoms with Crippen molar-refractivity contribution in [2.45, 2.75) is 25.3 Å². The van der Waals surface area contributed by atoms with E-state index in [4.69, 9.17) is 4.74 Å². The van der Waals surface area contributed by atoms with Gasteiger partial charge in [0.05, 0.1) is 6.61 Å². The van der Waals surface area contributed by atoms with Gasteiger partial charge >= 0.3 is 6.09 Å². The first kappa shape index (κ1) is 12.6. The molecule has 1 aromatic carbocycles. The van der Waals surface area contributed by atoms with Crippen molar-refractivity contribution in [2.75, 3.05) is 13.2 Å². The molecule has 0 N–H and O–H groups in total. The Morgan fingerprint density at radius 1 is 1.39 bits per heavy atom. The van der Waals surface area contributed by atoms with Crippen LogP contribution in [-0.4, -0.2) is 36.5 Å². The minimum atomic E-state index is -0.422. The van der Waals surface area contributed by atoms with Crippen LogP contribution in [0.3, 0.4) is 0 Å². The number of hydrogen-bond donors (Lipinski definition) is 0. The molecule has 0 spiro atoms. The van der Waals surface area contributed by atoms with Crippen LogP contribution in [0.2, 0.25) is 0 Å². The van der Waals surface area contributed by atoms with E-state index < -0.39 is 12.1 Å². The molecule has 1 aliphatic heterocycles. The molecule has 1 radical (unpaired) electrons. The predicted octanol–water partition coefficient (Wildman–Crippen LogP) is 1.94. The van der Waals surface area contributed by atoms with E-state index in [-0.39, 0.29) is 0 Å². The van der Waals surface area contributed by atoms with Crippen molar-refractivity contribution in [3.8, 4) is 0 Å². The number of benzene rings is 1. The molecule has 0 saturated carbocycles. The van der Waals surface area contributed by atoms with Crippen LogP contribution in [0.5, 0.6) is 0 Å². The van der Waals surface area contributed by atoms with Crippen molar-refractivity contribution in [2.24, 2.45) is 0 Å². The Hall–Kier alpha value is -1.84. The van der Waals surface area contributed by atoms with E-state index in [0.29, 0.717) is 26.0 Å². The second kappa shape index (κ2) is 6.19. The van der Waals surface area contributed by atoms with Gasteiger partial charge in [0.25, 0.3) is 0 Å². The molecule has 1 aliphatic rings. The number of hydrogen-bond acceptors (Lipinski definition) is 3. The molecular formula is C14H16NO3. The fourth-order valence-electron chi connectivity index (χ4n) is 2.09. The highest BCUT2D eigenvalue weighted by atomic mass is 16.6. The van der Waals surface area contributed by atoms with Gasteiger partial charge in [0.1, 0.15) is 6.04 Å². The maximum Gasteiger partial charge on any atom is 0.410 e. The van der Waals surface area contributed by atoms with Gasteiger partial charge in [0, 0.05) is 13.0 Å². The number of likely N-dealkylation sites (tertiary alicyclic amines) is 1. The quantitative estimate of drug-likeness (QED) is 0.815. The van der Waals surface area contributed by atoms with Gasteiger partial charge in [-0.3, -0.25) is 9.69 Å². The van der Waals surface area contributed by atoms with E-state index in [9.17, 15) is 9.59 Å². The van der Waals surface area contributed by atoms with Gasteiger partial charge in [-0.2, -0.15) is 0 Å². The van der Waals surface area contributed by atoms with Crippen molar-refractivity contribution >= 4 is 12.4 Å². The van der Waals surface area contributed by atoms with Crippen molar-refractivity contribution in [1.29, 1.82) is 0 Å². The Morgan fingerprint density at radius 3 is 2.89 bits per heavy atom. The molecule has 1 saturated heterocycles. The normalized spacial score (nSPS) is 18.7. The minimum Gasteiger partial charge on any atom is -0.449 e. The number of ether oxygens (including phenoxy) is 1. The second-order valence-electron chi connectivity index (χ2n) is 4.32. The Balaban J connectivity index is 1.76. The lowest BCUT2D eigenvalue weighted by atomic mass is 10.2. The first-order chi connectivity index (χ1) is 8.81. The Morgan fingerprint density at radius 2 is 2.17 bits per heavy atom. The molecule has 0 aromatic heterocycles. The van der Waals surface area contributed by atoms with Crippen LogP contribution in [0.1, 0.15) is 18.4 Å². The summed E-state index contributed by atoms with van der Waals surface area (Å²) in [5.74, 6) is 0. The summed E-state index contributed by atoms with van der Waals surface area (Å²) < 4.78 is 5.17. The molecule has 0 bridgehead atoms. The van der Waals surface area contributed by atoms with Crippen molar-refractivity contribution in [3.05, 3.63) is 35.9 Å². The van der Waals surface area contributed by atoms with Crippen molar-refractivity contribution in [3.63, 3.8) is 0 Å². The van der Waals surface area contributed by atoms with Crippen LogP contribution in [0.25, 0.3) is 0 Å². The largest absolute Gasteiger partial charge is 0.449 e. The van der Waals surface area contributed by atoms with E-state index in [1.807, 2.05) is 36.6 Å². The van der Waals surface area contributed by atoms with E-state index in [2.05, 4.69) is 0 Å². The zero-order valence-electron chi connectivity index (χ0n) is 10.2. The first-order valence-electron chi connectivity index (χ1n) is 6.16. The van der Waals surface area contributed by atoms with Gasteiger partial charge in [-0.25, -0.2) is 4.79 Å². The molecule has 2 rings (SSSR count). The third-order valence-electron chi connectivity index (χ3n) is 3.08. The van der Waals surface area contributed by atoms with Crippen LogP contribution >= 0.6 is 0 Å². The molecule has 1 heterocycles. The predicted molar refractivity (Wildman–Crippen MR) is 66.9 cm³/mol. The average Bonchev–Trinajstić information content (AvgIpc) is 2.88. The Bertz CT molecular complexity index is 405. The third kappa shape index (κ3) is 3.09. The smallest absolute Gasteiger partial charge is 0.410 e. The standard InChI is InChI=1S/C14H16NO3/c16-11-13-7-4-9-15(13)14(17)18-10-8-12-5-2-1-3-6-12/h1-3,5-6,13H,4,7-10H2. The fraction of sp³-hybridized carbons (Fsp3) is 0.429. The molecule has 4 heteroatoms. The monoisotopic (exact) mass is 246 g/mol. The van der Waals surface area contributed by atoms with Crippen molar-refractivity contribution in [1.82, 2.24) is 4.90 Å². The van der Waals surface area contributed by atoms with Gasteiger partial charge in [-0.15, -0.1) is 0 Å². The summed E-state index contributed by atoms with van der Waals surface area (Å²) in [7, 11) is 0. The zero-order chi connectivity index (χ0) is 12.8. The SMILES string of the molecule is O=[C]C1CCCN1C(=O)OCCc1ccccc1. The lowest BCUT2D eigenvalue weighted by molar-refractivity contribution is 0.106. The van der Waals surface area contributed by atoms with Crippen LogP contribution < -0.4 is 0 Å². The topological polar surface area (TPSA) is 46.6 Å². The molecule has 95 valence electrons. The van der Waals surface area contributed by atoms with Crippen LogP contribution in [-0.2, 0) is 16.0 Å². The number of amides is 1. The zero-order valence-corrected chi connectivity index (χ0v) is 10.2. The van der Waals surface area contributed by atoms with E-state index in [1.54, 1.807) is 0 Å². The number of nitrogens with zero attached hydrogens (tertiary/aromatic N) is 1. The summed E-state index contributed by atoms with van der Waals surface area (Å²) >= 11 is 0. The van der Waals surface area contributed by atoms with Crippen LogP contribution in [0.15, 0.2) is 30.3 Å². The molecular weight excluding hydrogens is 230 g/mol. The van der Waals surface area contributed by atoms with Gasteiger partial charge in [-0.1, -0.05) is 30.3 Å². The van der Waals surface area contributed by atoms with E-state index in [0.717, 1.165) is 12.0 Å². The summed E-state index contributed by atoms with van der Waals surface area (Å²) in [6.07, 6.45) is 3.70. The summed E-state index contributed by atoms with van der Waals surface area (Å²) in [6, 6.07) is 9.42. The van der Waals surface area contributed by atoms with Crippen LogP contribution in [0, 0.1) is 0 Å². The summed E-state index contributed by atoms with van der Waals surface area (Å²) in [5, 5.41) is 0. The van der Waals surface area contributed by atoms with Crippen molar-refractivity contribution < 1.29 is 14.3 Å².